The van der Waals surface area contributed by atoms with Crippen molar-refractivity contribution in [1.29, 1.82) is 0 Å². The van der Waals surface area contributed by atoms with Crippen LogP contribution < -0.4 is 11.3 Å². The third kappa shape index (κ3) is 3.47. The van der Waals surface area contributed by atoms with Crippen molar-refractivity contribution >= 4 is 11.9 Å². The lowest BCUT2D eigenvalue weighted by Gasteiger charge is -2.09. The molecule has 0 radical (unpaired) electrons. The number of hydrogen-bond donors (Lipinski definition) is 4. The van der Waals surface area contributed by atoms with Crippen LogP contribution in [0.2, 0.25) is 0 Å². The predicted octanol–water partition coefficient (Wildman–Crippen LogP) is 0.491. The molecule has 5 N–H and O–H groups in total. The normalized spacial score (nSPS) is 12.3. The number of aromatic hydroxyl groups is 1. The minimum atomic E-state index is -0.842. The van der Waals surface area contributed by atoms with Crippen molar-refractivity contribution in [3.05, 3.63) is 15.9 Å². The first-order valence-electron chi connectivity index (χ1n) is 5.76. The van der Waals surface area contributed by atoms with Crippen LogP contribution in [0.4, 0.5) is 5.95 Å². The summed E-state index contributed by atoms with van der Waals surface area (Å²) in [4.78, 5) is 28.1. The van der Waals surface area contributed by atoms with E-state index in [2.05, 4.69) is 9.97 Å². The van der Waals surface area contributed by atoms with Crippen LogP contribution in [-0.4, -0.2) is 26.2 Å². The quantitative estimate of drug-likeness (QED) is 0.585. The van der Waals surface area contributed by atoms with E-state index in [0.29, 0.717) is 19.3 Å². The number of nitrogens with two attached hydrogens (primary N) is 1. The Bertz CT molecular complexity index is 484. The summed E-state index contributed by atoms with van der Waals surface area (Å²) in [6.07, 6.45) is 1.76. The Balaban J connectivity index is 2.65. The molecule has 7 nitrogen and oxygen atoms in total. The molecule has 1 unspecified atom stereocenters. The number of carboxylic acids is 1. The van der Waals surface area contributed by atoms with Crippen LogP contribution >= 0.6 is 0 Å². The molecule has 0 aliphatic carbocycles. The van der Waals surface area contributed by atoms with E-state index in [0.717, 1.165) is 0 Å². The third-order valence-electron chi connectivity index (χ3n) is 2.83. The molecule has 18 heavy (non-hydrogen) atoms. The minimum absolute atomic E-state index is 0.141. The maximum atomic E-state index is 11.5. The van der Waals surface area contributed by atoms with Gasteiger partial charge in [0.15, 0.2) is 0 Å². The number of anilines is 1. The van der Waals surface area contributed by atoms with Gasteiger partial charge in [-0.25, -0.2) is 0 Å². The monoisotopic (exact) mass is 255 g/mol. The maximum Gasteiger partial charge on any atom is 0.306 e. The molecule has 0 fully saturated rings. The molecular weight excluding hydrogens is 238 g/mol. The van der Waals surface area contributed by atoms with E-state index in [4.69, 9.17) is 10.8 Å². The zero-order valence-corrected chi connectivity index (χ0v) is 10.1. The first-order valence-corrected chi connectivity index (χ1v) is 5.76. The number of rotatable bonds is 6. The smallest absolute Gasteiger partial charge is 0.306 e. The lowest BCUT2D eigenvalue weighted by Crippen LogP contribution is -2.17. The predicted molar refractivity (Wildman–Crippen MR) is 65.3 cm³/mol. The fourth-order valence-corrected chi connectivity index (χ4v) is 1.76. The van der Waals surface area contributed by atoms with Crippen LogP contribution in [-0.2, 0) is 11.2 Å². The fraction of sp³-hybridized carbons (Fsp3) is 0.545. The lowest BCUT2D eigenvalue weighted by molar-refractivity contribution is -0.142. The van der Waals surface area contributed by atoms with Gasteiger partial charge in [0.05, 0.1) is 11.5 Å². The Hall–Kier alpha value is -2.05. The van der Waals surface area contributed by atoms with Gasteiger partial charge in [0.2, 0.25) is 11.8 Å². The number of aromatic nitrogens is 2. The molecule has 100 valence electrons. The maximum absolute atomic E-state index is 11.5. The van der Waals surface area contributed by atoms with E-state index in [1.807, 2.05) is 0 Å². The van der Waals surface area contributed by atoms with Crippen LogP contribution in [0.3, 0.4) is 0 Å². The standard InChI is InChI=1S/C11H17N3O4/c1-2-6(10(17)18)4-3-5-7-8(15)13-11(12)14-9(7)16/h6H,2-5H2,1H3,(H,17,18)(H4,12,13,14,15,16). The van der Waals surface area contributed by atoms with Crippen LogP contribution in [0.5, 0.6) is 5.88 Å². The molecule has 0 amide bonds. The fourth-order valence-electron chi connectivity index (χ4n) is 1.76. The van der Waals surface area contributed by atoms with Gasteiger partial charge >= 0.3 is 5.97 Å². The molecule has 0 spiro atoms. The van der Waals surface area contributed by atoms with E-state index in [9.17, 15) is 14.7 Å². The van der Waals surface area contributed by atoms with Crippen LogP contribution in [0.25, 0.3) is 0 Å². The molecule has 0 saturated carbocycles. The largest absolute Gasteiger partial charge is 0.493 e. The van der Waals surface area contributed by atoms with Gasteiger partial charge in [-0.2, -0.15) is 4.98 Å². The third-order valence-corrected chi connectivity index (χ3v) is 2.83. The summed E-state index contributed by atoms with van der Waals surface area (Å²) in [6, 6.07) is 0. The average Bonchev–Trinajstić information content (AvgIpc) is 2.26. The molecule has 0 aliphatic rings. The van der Waals surface area contributed by atoms with Crippen LogP contribution in [0, 0.1) is 5.92 Å². The summed E-state index contributed by atoms with van der Waals surface area (Å²) in [5.41, 5.74) is 4.92. The Kier molecular flexibility index (Phi) is 4.70. The van der Waals surface area contributed by atoms with Crippen molar-refractivity contribution in [2.24, 2.45) is 5.92 Å². The zero-order valence-electron chi connectivity index (χ0n) is 10.1. The second-order valence-electron chi connectivity index (χ2n) is 4.09. The highest BCUT2D eigenvalue weighted by atomic mass is 16.4. The number of nitrogens with one attached hydrogen (secondary N) is 1. The van der Waals surface area contributed by atoms with Gasteiger partial charge in [-0.05, 0) is 25.7 Å². The molecule has 0 bridgehead atoms. The van der Waals surface area contributed by atoms with E-state index in [-0.39, 0.29) is 23.8 Å². The second kappa shape index (κ2) is 6.04. The van der Waals surface area contributed by atoms with Gasteiger partial charge in [0.1, 0.15) is 0 Å². The molecule has 1 atom stereocenters. The highest BCUT2D eigenvalue weighted by Gasteiger charge is 2.16. The number of carbonyl (C=O) groups is 1. The van der Waals surface area contributed by atoms with Crippen molar-refractivity contribution in [2.75, 3.05) is 5.73 Å². The number of carboxylic acid groups (broad SMARTS) is 1. The Morgan fingerprint density at radius 1 is 1.56 bits per heavy atom. The summed E-state index contributed by atoms with van der Waals surface area (Å²) in [5.74, 6) is -1.79. The van der Waals surface area contributed by atoms with Crippen molar-refractivity contribution in [3.63, 3.8) is 0 Å². The second-order valence-corrected chi connectivity index (χ2v) is 4.09. The molecule has 0 saturated heterocycles. The van der Waals surface area contributed by atoms with Gasteiger partial charge in [0, 0.05) is 0 Å². The van der Waals surface area contributed by atoms with E-state index >= 15 is 0 Å². The van der Waals surface area contributed by atoms with Crippen molar-refractivity contribution in [1.82, 2.24) is 9.97 Å². The molecule has 7 heteroatoms. The topological polar surface area (TPSA) is 129 Å². The molecule has 1 aromatic rings. The van der Waals surface area contributed by atoms with Crippen molar-refractivity contribution in [3.8, 4) is 5.88 Å². The first kappa shape index (κ1) is 14.0. The minimum Gasteiger partial charge on any atom is -0.493 e. The lowest BCUT2D eigenvalue weighted by atomic mass is 9.98. The summed E-state index contributed by atoms with van der Waals surface area (Å²) in [6.45, 7) is 1.80. The highest BCUT2D eigenvalue weighted by molar-refractivity contribution is 5.69. The molecular formula is C11H17N3O4. The van der Waals surface area contributed by atoms with E-state index < -0.39 is 17.4 Å². The van der Waals surface area contributed by atoms with Gasteiger partial charge < -0.3 is 15.9 Å². The molecule has 0 aliphatic heterocycles. The van der Waals surface area contributed by atoms with E-state index in [1.54, 1.807) is 6.92 Å². The average molecular weight is 255 g/mol. The van der Waals surface area contributed by atoms with Gasteiger partial charge in [0.25, 0.3) is 5.56 Å². The number of H-pyrrole nitrogens is 1. The first-order chi connectivity index (χ1) is 8.45. The number of hydrogen-bond acceptors (Lipinski definition) is 5. The van der Waals surface area contributed by atoms with Crippen LogP contribution in [0.1, 0.15) is 31.7 Å². The number of aliphatic carboxylic acids is 1. The summed E-state index contributed by atoms with van der Waals surface area (Å²) in [5, 5.41) is 18.3. The Morgan fingerprint density at radius 2 is 2.22 bits per heavy atom. The number of nitrogen functional groups attached to an aromatic ring is 1. The SMILES string of the molecule is CCC(CCCc1c(O)nc(N)[nH]c1=O)C(=O)O. The van der Waals surface area contributed by atoms with Gasteiger partial charge in [-0.3, -0.25) is 14.6 Å². The van der Waals surface area contributed by atoms with Crippen LogP contribution in [0.15, 0.2) is 4.79 Å². The molecule has 1 heterocycles. The number of nitrogens with zero attached hydrogens (tertiary/aromatic N) is 1. The van der Waals surface area contributed by atoms with Crippen molar-refractivity contribution in [2.45, 2.75) is 32.6 Å². The van der Waals surface area contributed by atoms with E-state index in [1.165, 1.54) is 0 Å². The highest BCUT2D eigenvalue weighted by Crippen LogP contribution is 2.16. The van der Waals surface area contributed by atoms with Crippen molar-refractivity contribution < 1.29 is 15.0 Å². The summed E-state index contributed by atoms with van der Waals surface area (Å²) >= 11 is 0. The molecule has 1 rings (SSSR count). The van der Waals surface area contributed by atoms with Gasteiger partial charge in [-0.15, -0.1) is 0 Å². The molecule has 1 aromatic heterocycles. The number of aromatic amines is 1. The summed E-state index contributed by atoms with van der Waals surface area (Å²) in [7, 11) is 0. The Labute approximate surface area is 104 Å². The molecule has 0 aromatic carbocycles. The Morgan fingerprint density at radius 3 is 2.72 bits per heavy atom. The zero-order chi connectivity index (χ0) is 13.7. The van der Waals surface area contributed by atoms with Gasteiger partial charge in [-0.1, -0.05) is 6.92 Å². The summed E-state index contributed by atoms with van der Waals surface area (Å²) < 4.78 is 0.